The Kier molecular flexibility index (Phi) is 7.99. The molecule has 13 heteroatoms. The molecule has 1 aromatic carbocycles. The van der Waals surface area contributed by atoms with E-state index in [1.807, 2.05) is 6.92 Å². The number of benzene rings is 1. The number of hydrogen-bond acceptors (Lipinski definition) is 9. The number of nitrogens with one attached hydrogen (secondary N) is 2. The molecule has 0 radical (unpaired) electrons. The Balaban J connectivity index is 1.63. The molecule has 1 aliphatic heterocycles. The van der Waals surface area contributed by atoms with Gasteiger partial charge in [-0.15, -0.1) is 0 Å². The van der Waals surface area contributed by atoms with E-state index in [2.05, 4.69) is 25.3 Å². The van der Waals surface area contributed by atoms with Crippen molar-refractivity contribution in [2.75, 3.05) is 45.7 Å². The number of hydrogen-bond donors (Lipinski definition) is 3. The fourth-order valence-electron chi connectivity index (χ4n) is 4.05. The van der Waals surface area contributed by atoms with E-state index in [0.29, 0.717) is 35.0 Å². The molecule has 0 aliphatic carbocycles. The van der Waals surface area contributed by atoms with Crippen molar-refractivity contribution in [1.29, 1.82) is 0 Å². The maximum atomic E-state index is 13.6. The van der Waals surface area contributed by atoms with Gasteiger partial charge in [-0.05, 0) is 44.2 Å². The van der Waals surface area contributed by atoms with Crippen LogP contribution in [-0.4, -0.2) is 87.3 Å². The van der Waals surface area contributed by atoms with Crippen LogP contribution in [0, 0.1) is 11.2 Å². The van der Waals surface area contributed by atoms with Gasteiger partial charge in [0.05, 0.1) is 35.7 Å². The molecule has 3 N–H and O–H groups in total. The van der Waals surface area contributed by atoms with E-state index >= 15 is 0 Å². The van der Waals surface area contributed by atoms with E-state index in [0.717, 1.165) is 0 Å². The number of aliphatic carboxylic acids is 1. The molecule has 4 rings (SSSR count). The van der Waals surface area contributed by atoms with Crippen molar-refractivity contribution in [1.82, 2.24) is 30.0 Å². The standard InChI is InChI=1S/C25H30FN7O5/c1-5-33(32(3)4)23(36)25(2)13-37-22(38-14-25)21-30-19(15-6-8-16(26)9-7-15)20(31-21)17-10-11-27-24(29-17)28-12-18(34)35/h6-11,22H,5,12-14H2,1-4H3,(H,30,31)(H,34,35)(H,27,28,29). The van der Waals surface area contributed by atoms with Crippen LogP contribution in [0.5, 0.6) is 0 Å². The van der Waals surface area contributed by atoms with Gasteiger partial charge < -0.3 is 24.9 Å². The molecule has 2 aromatic heterocycles. The molecule has 38 heavy (non-hydrogen) atoms. The molecular formula is C25H30FN7O5. The molecule has 202 valence electrons. The molecule has 0 unspecified atom stereocenters. The van der Waals surface area contributed by atoms with Crippen molar-refractivity contribution in [3.8, 4) is 22.6 Å². The average molecular weight is 528 g/mol. The van der Waals surface area contributed by atoms with Gasteiger partial charge in [-0.25, -0.2) is 24.4 Å². The van der Waals surface area contributed by atoms with Gasteiger partial charge in [0, 0.05) is 32.4 Å². The van der Waals surface area contributed by atoms with E-state index < -0.39 is 23.5 Å². The number of aromatic amines is 1. The third-order valence-corrected chi connectivity index (χ3v) is 6.01. The number of amides is 1. The summed E-state index contributed by atoms with van der Waals surface area (Å²) in [5.41, 5.74) is 1.09. The summed E-state index contributed by atoms with van der Waals surface area (Å²) in [6, 6.07) is 7.45. The van der Waals surface area contributed by atoms with Gasteiger partial charge in [-0.2, -0.15) is 0 Å². The van der Waals surface area contributed by atoms with Crippen molar-refractivity contribution in [3.05, 3.63) is 48.2 Å². The first-order valence-electron chi connectivity index (χ1n) is 12.0. The summed E-state index contributed by atoms with van der Waals surface area (Å²) in [4.78, 5) is 40.4. The van der Waals surface area contributed by atoms with Gasteiger partial charge in [0.25, 0.3) is 0 Å². The highest BCUT2D eigenvalue weighted by molar-refractivity contribution is 5.82. The lowest BCUT2D eigenvalue weighted by Gasteiger charge is -2.40. The van der Waals surface area contributed by atoms with Crippen molar-refractivity contribution in [3.63, 3.8) is 0 Å². The number of carbonyl (C=O) groups excluding carboxylic acids is 1. The number of carboxylic acids is 1. The number of anilines is 1. The van der Waals surface area contributed by atoms with Crippen LogP contribution in [0.2, 0.25) is 0 Å². The first-order chi connectivity index (χ1) is 18.1. The first-order valence-corrected chi connectivity index (χ1v) is 12.0. The van der Waals surface area contributed by atoms with E-state index in [-0.39, 0.29) is 31.6 Å². The lowest BCUT2D eigenvalue weighted by atomic mass is 9.90. The third-order valence-electron chi connectivity index (χ3n) is 6.01. The zero-order valence-electron chi connectivity index (χ0n) is 21.6. The number of rotatable bonds is 9. The quantitative estimate of drug-likeness (QED) is 0.355. The van der Waals surface area contributed by atoms with Crippen LogP contribution in [0.3, 0.4) is 0 Å². The fourth-order valence-corrected chi connectivity index (χ4v) is 4.05. The summed E-state index contributed by atoms with van der Waals surface area (Å²) in [6.07, 6.45) is 0.598. The van der Waals surface area contributed by atoms with Crippen LogP contribution >= 0.6 is 0 Å². The van der Waals surface area contributed by atoms with Gasteiger partial charge in [-0.1, -0.05) is 0 Å². The average Bonchev–Trinajstić information content (AvgIpc) is 3.34. The Bertz CT molecular complexity index is 1290. The molecule has 3 aromatic rings. The highest BCUT2D eigenvalue weighted by Crippen LogP contribution is 2.36. The molecular weight excluding hydrogens is 497 g/mol. The summed E-state index contributed by atoms with van der Waals surface area (Å²) >= 11 is 0. The molecule has 0 saturated carbocycles. The van der Waals surface area contributed by atoms with Crippen molar-refractivity contribution < 1.29 is 28.6 Å². The molecule has 12 nitrogen and oxygen atoms in total. The minimum atomic E-state index is -1.06. The number of aromatic nitrogens is 4. The van der Waals surface area contributed by atoms with Crippen LogP contribution in [0.15, 0.2) is 36.5 Å². The molecule has 1 aliphatic rings. The predicted molar refractivity (Wildman–Crippen MR) is 135 cm³/mol. The lowest BCUT2D eigenvalue weighted by Crippen LogP contribution is -2.54. The molecule has 1 saturated heterocycles. The maximum absolute atomic E-state index is 13.6. The topological polar surface area (TPSA) is 146 Å². The molecule has 0 atom stereocenters. The van der Waals surface area contributed by atoms with Crippen molar-refractivity contribution in [2.45, 2.75) is 20.1 Å². The normalized spacial score (nSPS) is 19.4. The summed E-state index contributed by atoms with van der Waals surface area (Å²) < 4.78 is 25.6. The van der Waals surface area contributed by atoms with Crippen LogP contribution in [-0.2, 0) is 19.1 Å². The highest BCUT2D eigenvalue weighted by Gasteiger charge is 2.43. The van der Waals surface area contributed by atoms with Gasteiger partial charge in [0.2, 0.25) is 18.1 Å². The monoisotopic (exact) mass is 527 g/mol. The van der Waals surface area contributed by atoms with Crippen LogP contribution < -0.4 is 5.32 Å². The Hall–Kier alpha value is -3.94. The number of ether oxygens (including phenoxy) is 2. The Morgan fingerprint density at radius 3 is 2.47 bits per heavy atom. The largest absolute Gasteiger partial charge is 0.480 e. The van der Waals surface area contributed by atoms with Crippen molar-refractivity contribution >= 4 is 17.8 Å². The Labute approximate surface area is 218 Å². The number of hydrazine groups is 1. The summed E-state index contributed by atoms with van der Waals surface area (Å²) in [6.45, 7) is 4.06. The number of halogens is 1. The van der Waals surface area contributed by atoms with E-state index in [4.69, 9.17) is 14.6 Å². The summed E-state index contributed by atoms with van der Waals surface area (Å²) in [5.74, 6) is -1.10. The zero-order valence-corrected chi connectivity index (χ0v) is 21.6. The number of nitrogens with zero attached hydrogens (tertiary/aromatic N) is 5. The predicted octanol–water partition coefficient (Wildman–Crippen LogP) is 2.55. The first kappa shape index (κ1) is 27.1. The number of carbonyl (C=O) groups is 2. The number of H-pyrrole nitrogens is 1. The Morgan fingerprint density at radius 2 is 1.87 bits per heavy atom. The van der Waals surface area contributed by atoms with Gasteiger partial charge in [0.15, 0.2) is 5.82 Å². The van der Waals surface area contributed by atoms with E-state index in [9.17, 15) is 14.0 Å². The zero-order chi connectivity index (χ0) is 27.4. The van der Waals surface area contributed by atoms with E-state index in [1.165, 1.54) is 18.3 Å². The number of imidazole rings is 1. The summed E-state index contributed by atoms with van der Waals surface area (Å²) in [7, 11) is 3.60. The molecule has 0 bridgehead atoms. The highest BCUT2D eigenvalue weighted by atomic mass is 19.1. The molecule has 1 amide bonds. The van der Waals surface area contributed by atoms with E-state index in [1.54, 1.807) is 49.2 Å². The molecule has 3 heterocycles. The minimum Gasteiger partial charge on any atom is -0.480 e. The van der Waals surface area contributed by atoms with Gasteiger partial charge in [-0.3, -0.25) is 14.6 Å². The maximum Gasteiger partial charge on any atom is 0.322 e. The van der Waals surface area contributed by atoms with Gasteiger partial charge >= 0.3 is 5.97 Å². The Morgan fingerprint density at radius 1 is 1.18 bits per heavy atom. The van der Waals surface area contributed by atoms with Crippen LogP contribution in [0.25, 0.3) is 22.6 Å². The fraction of sp³-hybridized carbons (Fsp3) is 0.400. The second kappa shape index (κ2) is 11.2. The third kappa shape index (κ3) is 5.79. The van der Waals surface area contributed by atoms with Crippen LogP contribution in [0.1, 0.15) is 26.0 Å². The van der Waals surface area contributed by atoms with Crippen molar-refractivity contribution in [2.24, 2.45) is 5.41 Å². The SMILES string of the molecule is CCN(C(=O)C1(C)COC(c2nc(-c3ccc(F)cc3)c(-c3ccnc(NCC(=O)O)n3)[nH]2)OC1)N(C)C. The number of carboxylic acid groups (broad SMARTS) is 1. The minimum absolute atomic E-state index is 0.111. The lowest BCUT2D eigenvalue weighted by molar-refractivity contribution is -0.237. The van der Waals surface area contributed by atoms with Crippen LogP contribution in [0.4, 0.5) is 10.3 Å². The smallest absolute Gasteiger partial charge is 0.322 e. The molecule has 0 spiro atoms. The second-order valence-electron chi connectivity index (χ2n) is 9.25. The van der Waals surface area contributed by atoms with Gasteiger partial charge in [0.1, 0.15) is 12.4 Å². The second-order valence-corrected chi connectivity index (χ2v) is 9.25. The summed E-state index contributed by atoms with van der Waals surface area (Å²) in [5, 5.41) is 14.9. The molecule has 1 fully saturated rings.